The van der Waals surface area contributed by atoms with Crippen LogP contribution in [-0.2, 0) is 11.3 Å². The van der Waals surface area contributed by atoms with Gasteiger partial charge in [-0.15, -0.1) is 11.3 Å². The number of hydrogen-bond acceptors (Lipinski definition) is 4. The highest BCUT2D eigenvalue weighted by atomic mass is 32.1. The van der Waals surface area contributed by atoms with Crippen LogP contribution < -0.4 is 5.32 Å². The number of benzene rings is 1. The van der Waals surface area contributed by atoms with Gasteiger partial charge >= 0.3 is 0 Å². The first-order valence-corrected chi connectivity index (χ1v) is 8.16. The fraction of sp³-hybridized carbons (Fsp3) is 0.438. The van der Waals surface area contributed by atoms with E-state index in [-0.39, 0.29) is 5.82 Å². The van der Waals surface area contributed by atoms with Crippen LogP contribution >= 0.6 is 11.3 Å². The lowest BCUT2D eigenvalue weighted by Crippen LogP contribution is -2.19. The van der Waals surface area contributed by atoms with Crippen LogP contribution in [0.1, 0.15) is 25.5 Å². The number of nitrogens with zero attached hydrogens (tertiary/aromatic N) is 1. The summed E-state index contributed by atoms with van der Waals surface area (Å²) in [4.78, 5) is 4.55. The maximum atomic E-state index is 12.9. The van der Waals surface area contributed by atoms with E-state index in [1.54, 1.807) is 23.5 Å². The van der Waals surface area contributed by atoms with E-state index in [2.05, 4.69) is 17.2 Å². The molecule has 1 aromatic heterocycles. The van der Waals surface area contributed by atoms with Crippen LogP contribution in [0.4, 0.5) is 4.39 Å². The topological polar surface area (TPSA) is 34.1 Å². The van der Waals surface area contributed by atoms with Gasteiger partial charge in [0.25, 0.3) is 0 Å². The summed E-state index contributed by atoms with van der Waals surface area (Å²) in [6, 6.07) is 6.44. The van der Waals surface area contributed by atoms with E-state index >= 15 is 0 Å². The lowest BCUT2D eigenvalue weighted by molar-refractivity contribution is 0.133. The van der Waals surface area contributed by atoms with Gasteiger partial charge in [0.2, 0.25) is 0 Å². The standard InChI is InChI=1S/C16H21FN2OS/c1-2-3-9-20-10-8-18-11-15-12-21-16(19-15)13-4-6-14(17)7-5-13/h4-7,12,18H,2-3,8-11H2,1H3. The molecular weight excluding hydrogens is 287 g/mol. The van der Waals surface area contributed by atoms with Crippen molar-refractivity contribution in [3.63, 3.8) is 0 Å². The van der Waals surface area contributed by atoms with Gasteiger partial charge in [-0.05, 0) is 30.7 Å². The van der Waals surface area contributed by atoms with Crippen molar-refractivity contribution in [3.05, 3.63) is 41.2 Å². The normalized spacial score (nSPS) is 11.0. The third kappa shape index (κ3) is 5.53. The van der Waals surface area contributed by atoms with Gasteiger partial charge in [-0.1, -0.05) is 13.3 Å². The summed E-state index contributed by atoms with van der Waals surface area (Å²) in [5.41, 5.74) is 1.96. The van der Waals surface area contributed by atoms with E-state index in [1.165, 1.54) is 18.6 Å². The highest BCUT2D eigenvalue weighted by molar-refractivity contribution is 7.13. The van der Waals surface area contributed by atoms with Gasteiger partial charge in [0.05, 0.1) is 12.3 Å². The third-order valence-electron chi connectivity index (χ3n) is 3.01. The summed E-state index contributed by atoms with van der Waals surface area (Å²) in [6.45, 7) is 5.28. The lowest BCUT2D eigenvalue weighted by atomic mass is 10.2. The molecule has 0 amide bonds. The molecule has 0 aliphatic rings. The second-order valence-corrected chi connectivity index (χ2v) is 5.65. The minimum Gasteiger partial charge on any atom is -0.380 e. The summed E-state index contributed by atoms with van der Waals surface area (Å²) in [6.07, 6.45) is 2.28. The molecule has 0 fully saturated rings. The van der Waals surface area contributed by atoms with Gasteiger partial charge < -0.3 is 10.1 Å². The molecule has 2 aromatic rings. The van der Waals surface area contributed by atoms with Gasteiger partial charge in [-0.25, -0.2) is 9.37 Å². The van der Waals surface area contributed by atoms with Crippen molar-refractivity contribution in [2.75, 3.05) is 19.8 Å². The first-order valence-electron chi connectivity index (χ1n) is 7.28. The number of halogens is 1. The molecule has 0 radical (unpaired) electrons. The zero-order valence-electron chi connectivity index (χ0n) is 12.3. The predicted molar refractivity (Wildman–Crippen MR) is 84.9 cm³/mol. The Labute approximate surface area is 129 Å². The number of hydrogen-bond donors (Lipinski definition) is 1. The average molecular weight is 308 g/mol. The molecule has 114 valence electrons. The summed E-state index contributed by atoms with van der Waals surface area (Å²) in [5, 5.41) is 6.27. The lowest BCUT2D eigenvalue weighted by Gasteiger charge is -2.04. The molecule has 0 aliphatic heterocycles. The molecule has 1 N–H and O–H groups in total. The second kappa shape index (κ2) is 8.87. The van der Waals surface area contributed by atoms with E-state index in [4.69, 9.17) is 4.74 Å². The molecule has 1 heterocycles. The summed E-state index contributed by atoms with van der Waals surface area (Å²) in [7, 11) is 0. The van der Waals surface area contributed by atoms with Gasteiger partial charge in [0.15, 0.2) is 0 Å². The summed E-state index contributed by atoms with van der Waals surface area (Å²) in [5.74, 6) is -0.222. The Bertz CT molecular complexity index is 527. The van der Waals surface area contributed by atoms with Crippen molar-refractivity contribution in [1.29, 1.82) is 0 Å². The van der Waals surface area contributed by atoms with Crippen molar-refractivity contribution in [1.82, 2.24) is 10.3 Å². The first kappa shape index (κ1) is 16.1. The van der Waals surface area contributed by atoms with Crippen LogP contribution in [0, 0.1) is 5.82 Å². The quantitative estimate of drug-likeness (QED) is 0.714. The van der Waals surface area contributed by atoms with E-state index in [1.807, 2.05) is 5.38 Å². The van der Waals surface area contributed by atoms with E-state index < -0.39 is 0 Å². The van der Waals surface area contributed by atoms with Crippen LogP contribution in [0.3, 0.4) is 0 Å². The Morgan fingerprint density at radius 1 is 1.24 bits per heavy atom. The van der Waals surface area contributed by atoms with Crippen LogP contribution in [0.15, 0.2) is 29.6 Å². The van der Waals surface area contributed by atoms with Crippen molar-refractivity contribution < 1.29 is 9.13 Å². The predicted octanol–water partition coefficient (Wildman–Crippen LogP) is 3.86. The van der Waals surface area contributed by atoms with E-state index in [9.17, 15) is 4.39 Å². The molecule has 3 nitrogen and oxygen atoms in total. The molecule has 5 heteroatoms. The number of aromatic nitrogens is 1. The number of nitrogens with one attached hydrogen (secondary N) is 1. The van der Waals surface area contributed by atoms with Crippen LogP contribution in [0.5, 0.6) is 0 Å². The minimum atomic E-state index is -0.222. The molecule has 0 unspecified atom stereocenters. The number of rotatable bonds is 9. The third-order valence-corrected chi connectivity index (χ3v) is 3.95. The zero-order valence-corrected chi connectivity index (χ0v) is 13.1. The maximum Gasteiger partial charge on any atom is 0.123 e. The summed E-state index contributed by atoms with van der Waals surface area (Å²) >= 11 is 1.58. The Balaban J connectivity index is 1.72. The Hall–Kier alpha value is -1.30. The summed E-state index contributed by atoms with van der Waals surface area (Å²) < 4.78 is 18.4. The highest BCUT2D eigenvalue weighted by Gasteiger charge is 2.04. The fourth-order valence-electron chi connectivity index (χ4n) is 1.82. The molecule has 0 spiro atoms. The largest absolute Gasteiger partial charge is 0.380 e. The first-order chi connectivity index (χ1) is 10.3. The highest BCUT2D eigenvalue weighted by Crippen LogP contribution is 2.23. The van der Waals surface area contributed by atoms with Gasteiger partial charge in [-0.3, -0.25) is 0 Å². The van der Waals surface area contributed by atoms with E-state index in [0.29, 0.717) is 0 Å². The van der Waals surface area contributed by atoms with Crippen LogP contribution in [-0.4, -0.2) is 24.7 Å². The van der Waals surface area contributed by atoms with Gasteiger partial charge in [0.1, 0.15) is 10.8 Å². The number of thiazole rings is 1. The fourth-order valence-corrected chi connectivity index (χ4v) is 2.65. The van der Waals surface area contributed by atoms with Crippen LogP contribution in [0.2, 0.25) is 0 Å². The Morgan fingerprint density at radius 2 is 2.05 bits per heavy atom. The molecule has 0 bridgehead atoms. The SMILES string of the molecule is CCCCOCCNCc1csc(-c2ccc(F)cc2)n1. The average Bonchev–Trinajstić information content (AvgIpc) is 2.96. The molecule has 2 rings (SSSR count). The van der Waals surface area contributed by atoms with E-state index in [0.717, 1.165) is 49.0 Å². The van der Waals surface area contributed by atoms with Gasteiger partial charge in [-0.2, -0.15) is 0 Å². The molecular formula is C16H21FN2OS. The zero-order chi connectivity index (χ0) is 14.9. The molecule has 0 saturated carbocycles. The number of unbranched alkanes of at least 4 members (excludes halogenated alkanes) is 1. The number of ether oxygens (including phenoxy) is 1. The van der Waals surface area contributed by atoms with Crippen molar-refractivity contribution in [2.24, 2.45) is 0 Å². The smallest absolute Gasteiger partial charge is 0.123 e. The van der Waals surface area contributed by atoms with Crippen LogP contribution in [0.25, 0.3) is 10.6 Å². The van der Waals surface area contributed by atoms with Crippen molar-refractivity contribution in [3.8, 4) is 10.6 Å². The maximum absolute atomic E-state index is 12.9. The Morgan fingerprint density at radius 3 is 2.81 bits per heavy atom. The molecule has 21 heavy (non-hydrogen) atoms. The molecule has 0 aliphatic carbocycles. The second-order valence-electron chi connectivity index (χ2n) is 4.79. The Kier molecular flexibility index (Phi) is 6.79. The minimum absolute atomic E-state index is 0.222. The monoisotopic (exact) mass is 308 g/mol. The molecule has 0 atom stereocenters. The molecule has 1 aromatic carbocycles. The molecule has 0 saturated heterocycles. The van der Waals surface area contributed by atoms with Crippen molar-refractivity contribution in [2.45, 2.75) is 26.3 Å². The van der Waals surface area contributed by atoms with Crippen molar-refractivity contribution >= 4 is 11.3 Å². The van der Waals surface area contributed by atoms with Gasteiger partial charge in [0, 0.05) is 30.6 Å².